The van der Waals surface area contributed by atoms with E-state index in [1.165, 1.54) is 0 Å². The zero-order valence-electron chi connectivity index (χ0n) is 12.3. The second kappa shape index (κ2) is 5.64. The van der Waals surface area contributed by atoms with Crippen molar-refractivity contribution in [1.29, 1.82) is 0 Å². The fourth-order valence-corrected chi connectivity index (χ4v) is 2.59. The lowest BCUT2D eigenvalue weighted by Gasteiger charge is -2.39. The van der Waals surface area contributed by atoms with Gasteiger partial charge in [-0.1, -0.05) is 17.3 Å². The summed E-state index contributed by atoms with van der Waals surface area (Å²) in [5.74, 6) is 0.625. The number of rotatable bonds is 4. The second-order valence-corrected chi connectivity index (χ2v) is 5.45. The highest BCUT2D eigenvalue weighted by Crippen LogP contribution is 2.14. The Kier molecular flexibility index (Phi) is 3.34. The average Bonchev–Trinajstić information content (AvgIpc) is 2.94. The predicted molar refractivity (Wildman–Crippen MR) is 83.6 cm³/mol. The van der Waals surface area contributed by atoms with E-state index in [0.29, 0.717) is 19.0 Å². The van der Waals surface area contributed by atoms with Gasteiger partial charge in [-0.2, -0.15) is 0 Å². The van der Waals surface area contributed by atoms with Gasteiger partial charge in [0.25, 0.3) is 0 Å². The van der Waals surface area contributed by atoms with Gasteiger partial charge in [0.1, 0.15) is 12.1 Å². The van der Waals surface area contributed by atoms with Crippen LogP contribution in [-0.4, -0.2) is 54.9 Å². The summed E-state index contributed by atoms with van der Waals surface area (Å²) < 4.78 is 1.64. The molecule has 0 atom stereocenters. The van der Waals surface area contributed by atoms with Crippen molar-refractivity contribution in [3.05, 3.63) is 42.7 Å². The number of fused-ring (bicyclic) bond motifs is 1. The molecule has 3 heterocycles. The van der Waals surface area contributed by atoms with E-state index in [2.05, 4.69) is 25.6 Å². The van der Waals surface area contributed by atoms with Crippen LogP contribution in [0.3, 0.4) is 0 Å². The van der Waals surface area contributed by atoms with Crippen LogP contribution in [-0.2, 0) is 11.3 Å². The molecule has 116 valence electrons. The molecule has 3 aromatic rings. The summed E-state index contributed by atoms with van der Waals surface area (Å²) in [5.41, 5.74) is 1.67. The van der Waals surface area contributed by atoms with Crippen molar-refractivity contribution < 1.29 is 4.79 Å². The molecule has 0 radical (unpaired) electrons. The van der Waals surface area contributed by atoms with Crippen LogP contribution in [0, 0.1) is 0 Å². The van der Waals surface area contributed by atoms with Crippen LogP contribution in [0.4, 0.5) is 5.95 Å². The molecule has 2 aromatic heterocycles. The van der Waals surface area contributed by atoms with E-state index in [1.54, 1.807) is 28.0 Å². The minimum atomic E-state index is 0.0349. The number of nitrogens with one attached hydrogen (secondary N) is 1. The zero-order chi connectivity index (χ0) is 15.6. The Bertz CT molecular complexity index is 826. The third-order valence-electron chi connectivity index (χ3n) is 3.84. The number of carbonyl (C=O) groups excluding carboxylic acids is 1. The summed E-state index contributed by atoms with van der Waals surface area (Å²) in [6.07, 6.45) is 3.37. The van der Waals surface area contributed by atoms with E-state index in [4.69, 9.17) is 0 Å². The van der Waals surface area contributed by atoms with Crippen molar-refractivity contribution in [1.82, 2.24) is 29.9 Å². The minimum absolute atomic E-state index is 0.0349. The lowest BCUT2D eigenvalue weighted by Crippen LogP contribution is -2.57. The molecule has 8 heteroatoms. The molecular formula is C15H15N7O. The van der Waals surface area contributed by atoms with Crippen molar-refractivity contribution >= 4 is 22.9 Å². The first-order valence-electron chi connectivity index (χ1n) is 7.39. The number of aromatic nitrogens is 5. The third-order valence-corrected chi connectivity index (χ3v) is 3.84. The van der Waals surface area contributed by atoms with E-state index in [1.807, 2.05) is 24.3 Å². The maximum atomic E-state index is 12.3. The lowest BCUT2D eigenvalue weighted by atomic mass is 10.1. The Balaban J connectivity index is 1.35. The van der Waals surface area contributed by atoms with Gasteiger partial charge in [0.05, 0.1) is 11.6 Å². The number of nitrogens with zero attached hydrogens (tertiary/aromatic N) is 6. The van der Waals surface area contributed by atoms with Gasteiger partial charge in [-0.15, -0.1) is 5.10 Å². The predicted octanol–water partition coefficient (Wildman–Crippen LogP) is 0.544. The quantitative estimate of drug-likeness (QED) is 0.757. The number of carbonyl (C=O) groups is 1. The smallest absolute Gasteiger partial charge is 0.244 e. The summed E-state index contributed by atoms with van der Waals surface area (Å²) >= 11 is 0. The van der Waals surface area contributed by atoms with Gasteiger partial charge >= 0.3 is 0 Å². The highest BCUT2D eigenvalue weighted by atomic mass is 16.2. The Labute approximate surface area is 132 Å². The van der Waals surface area contributed by atoms with Crippen LogP contribution >= 0.6 is 0 Å². The average molecular weight is 309 g/mol. The van der Waals surface area contributed by atoms with Gasteiger partial charge < -0.3 is 10.2 Å². The fourth-order valence-electron chi connectivity index (χ4n) is 2.59. The normalized spacial score (nSPS) is 14.7. The van der Waals surface area contributed by atoms with E-state index < -0.39 is 0 Å². The molecule has 1 amide bonds. The largest absolute Gasteiger partial charge is 0.348 e. The Morgan fingerprint density at radius 1 is 1.17 bits per heavy atom. The molecule has 0 bridgehead atoms. The van der Waals surface area contributed by atoms with Gasteiger partial charge in [0.2, 0.25) is 11.9 Å². The molecule has 1 fully saturated rings. The first-order chi connectivity index (χ1) is 11.3. The molecule has 8 nitrogen and oxygen atoms in total. The van der Waals surface area contributed by atoms with Crippen molar-refractivity contribution in [2.45, 2.75) is 12.6 Å². The highest BCUT2D eigenvalue weighted by Gasteiger charge is 2.31. The van der Waals surface area contributed by atoms with Gasteiger partial charge in [-0.25, -0.2) is 14.6 Å². The van der Waals surface area contributed by atoms with Gasteiger partial charge in [0, 0.05) is 25.5 Å². The van der Waals surface area contributed by atoms with Crippen LogP contribution in [0.2, 0.25) is 0 Å². The maximum absolute atomic E-state index is 12.3. The summed E-state index contributed by atoms with van der Waals surface area (Å²) in [4.78, 5) is 22.3. The first-order valence-corrected chi connectivity index (χ1v) is 7.39. The molecule has 1 aliphatic rings. The van der Waals surface area contributed by atoms with Gasteiger partial charge in [-0.3, -0.25) is 4.79 Å². The second-order valence-electron chi connectivity index (χ2n) is 5.45. The van der Waals surface area contributed by atoms with Gasteiger partial charge in [-0.05, 0) is 18.2 Å². The summed E-state index contributed by atoms with van der Waals surface area (Å²) in [5, 5.41) is 11.3. The molecule has 1 N–H and O–H groups in total. The van der Waals surface area contributed by atoms with Gasteiger partial charge in [0.15, 0.2) is 0 Å². The van der Waals surface area contributed by atoms with Crippen molar-refractivity contribution in [2.24, 2.45) is 0 Å². The van der Waals surface area contributed by atoms with Crippen molar-refractivity contribution in [3.8, 4) is 0 Å². The van der Waals surface area contributed by atoms with E-state index in [-0.39, 0.29) is 18.5 Å². The molecule has 0 unspecified atom stereocenters. The minimum Gasteiger partial charge on any atom is -0.348 e. The number of anilines is 1. The highest BCUT2D eigenvalue weighted by molar-refractivity contribution is 5.80. The molecule has 0 aliphatic carbocycles. The topological polar surface area (TPSA) is 88.8 Å². The van der Waals surface area contributed by atoms with Crippen LogP contribution in [0.15, 0.2) is 42.7 Å². The molecule has 0 spiro atoms. The Morgan fingerprint density at radius 2 is 1.96 bits per heavy atom. The SMILES string of the molecule is O=C(Cn1nnc2ccccc21)N1CC(Nc2ncccn2)C1. The Morgan fingerprint density at radius 3 is 2.78 bits per heavy atom. The standard InChI is InChI=1S/C15H15N7O/c23-14(10-22-13-5-2-1-4-12(13)19-20-22)21-8-11(9-21)18-15-16-6-3-7-17-15/h1-7,11H,8-10H2,(H,16,17,18). The van der Waals surface area contributed by atoms with E-state index in [9.17, 15) is 4.79 Å². The van der Waals surface area contributed by atoms with E-state index >= 15 is 0 Å². The number of hydrogen-bond acceptors (Lipinski definition) is 6. The summed E-state index contributed by atoms with van der Waals surface area (Å²) in [6, 6.07) is 9.57. The number of likely N-dealkylation sites (tertiary alicyclic amines) is 1. The monoisotopic (exact) mass is 309 g/mol. The molecular weight excluding hydrogens is 294 g/mol. The van der Waals surface area contributed by atoms with Crippen LogP contribution < -0.4 is 5.32 Å². The molecule has 0 saturated carbocycles. The number of hydrogen-bond donors (Lipinski definition) is 1. The third kappa shape index (κ3) is 2.70. The zero-order valence-corrected chi connectivity index (χ0v) is 12.3. The summed E-state index contributed by atoms with van der Waals surface area (Å²) in [6.45, 7) is 1.49. The number of para-hydroxylation sites is 1. The van der Waals surface area contributed by atoms with Crippen LogP contribution in [0.1, 0.15) is 0 Å². The van der Waals surface area contributed by atoms with Crippen LogP contribution in [0.5, 0.6) is 0 Å². The maximum Gasteiger partial charge on any atom is 0.244 e. The van der Waals surface area contributed by atoms with Crippen LogP contribution in [0.25, 0.3) is 11.0 Å². The number of benzene rings is 1. The molecule has 23 heavy (non-hydrogen) atoms. The molecule has 4 rings (SSSR count). The van der Waals surface area contributed by atoms with Crippen molar-refractivity contribution in [2.75, 3.05) is 18.4 Å². The lowest BCUT2D eigenvalue weighted by molar-refractivity contribution is -0.135. The fraction of sp³-hybridized carbons (Fsp3) is 0.267. The van der Waals surface area contributed by atoms with Crippen molar-refractivity contribution in [3.63, 3.8) is 0 Å². The molecule has 1 aliphatic heterocycles. The first kappa shape index (κ1) is 13.6. The number of amides is 1. The summed E-state index contributed by atoms with van der Waals surface area (Å²) in [7, 11) is 0. The van der Waals surface area contributed by atoms with E-state index in [0.717, 1.165) is 11.0 Å². The molecule has 1 saturated heterocycles. The Hall–Kier alpha value is -3.03. The molecule has 1 aromatic carbocycles.